The Labute approximate surface area is 114 Å². The first-order chi connectivity index (χ1) is 8.65. The lowest BCUT2D eigenvalue weighted by Crippen LogP contribution is -2.14. The van der Waals surface area contributed by atoms with Crippen LogP contribution >= 0.6 is 11.6 Å². The van der Waals surface area contributed by atoms with Crippen molar-refractivity contribution < 1.29 is 0 Å². The van der Waals surface area contributed by atoms with Crippen molar-refractivity contribution in [1.82, 2.24) is 9.88 Å². The van der Waals surface area contributed by atoms with Crippen molar-refractivity contribution in [3.63, 3.8) is 0 Å². The lowest BCUT2D eigenvalue weighted by molar-refractivity contribution is 0.671. The molecule has 2 nitrogen and oxygen atoms in total. The molecule has 2 rings (SSSR count). The van der Waals surface area contributed by atoms with E-state index in [-0.39, 0.29) is 0 Å². The van der Waals surface area contributed by atoms with Gasteiger partial charge in [-0.15, -0.1) is 0 Å². The normalized spacial score (nSPS) is 11.3. The van der Waals surface area contributed by atoms with E-state index in [0.29, 0.717) is 0 Å². The summed E-state index contributed by atoms with van der Waals surface area (Å²) in [6.07, 6.45) is 2.30. The largest absolute Gasteiger partial charge is 0.348 e. The van der Waals surface area contributed by atoms with E-state index < -0.39 is 0 Å². The highest BCUT2D eigenvalue weighted by atomic mass is 35.5. The molecule has 0 aliphatic carbocycles. The van der Waals surface area contributed by atoms with Crippen LogP contribution in [0.5, 0.6) is 0 Å². The first-order valence-corrected chi connectivity index (χ1v) is 6.97. The van der Waals surface area contributed by atoms with Gasteiger partial charge in [0.1, 0.15) is 0 Å². The van der Waals surface area contributed by atoms with Crippen LogP contribution in [0.2, 0.25) is 5.02 Å². The van der Waals surface area contributed by atoms with Gasteiger partial charge >= 0.3 is 0 Å². The zero-order valence-electron chi connectivity index (χ0n) is 11.4. The molecular formula is C15H21ClN2. The average Bonchev–Trinajstić information content (AvgIpc) is 2.59. The van der Waals surface area contributed by atoms with Crippen LogP contribution in [0.4, 0.5) is 0 Å². The number of nitrogens with one attached hydrogen (secondary N) is 1. The Balaban J connectivity index is 2.29. The molecule has 1 N–H and O–H groups in total. The van der Waals surface area contributed by atoms with Gasteiger partial charge in [-0.05, 0) is 50.6 Å². The SMILES string of the molecule is CCNCCCc1c(C)n(C)c2cc(Cl)ccc12. The fourth-order valence-electron chi connectivity index (χ4n) is 2.50. The molecule has 0 saturated carbocycles. The predicted octanol–water partition coefficient (Wildman–Crippen LogP) is 3.68. The molecule has 1 heterocycles. The molecule has 0 spiro atoms. The van der Waals surface area contributed by atoms with Crippen LogP contribution in [-0.2, 0) is 13.5 Å². The van der Waals surface area contributed by atoms with Crippen molar-refractivity contribution in [2.75, 3.05) is 13.1 Å². The molecule has 0 amide bonds. The number of hydrogen-bond acceptors (Lipinski definition) is 1. The second kappa shape index (κ2) is 5.77. The van der Waals surface area contributed by atoms with Crippen LogP contribution in [0.25, 0.3) is 10.9 Å². The summed E-state index contributed by atoms with van der Waals surface area (Å²) in [4.78, 5) is 0. The first kappa shape index (κ1) is 13.4. The van der Waals surface area contributed by atoms with Crippen molar-refractivity contribution in [3.05, 3.63) is 34.5 Å². The Morgan fingerprint density at radius 2 is 2.11 bits per heavy atom. The Morgan fingerprint density at radius 3 is 2.83 bits per heavy atom. The van der Waals surface area contributed by atoms with Gasteiger partial charge in [-0.25, -0.2) is 0 Å². The third-order valence-corrected chi connectivity index (χ3v) is 3.85. The molecule has 0 atom stereocenters. The number of fused-ring (bicyclic) bond motifs is 1. The monoisotopic (exact) mass is 264 g/mol. The maximum atomic E-state index is 6.07. The third-order valence-electron chi connectivity index (χ3n) is 3.62. The molecule has 1 aromatic heterocycles. The van der Waals surface area contributed by atoms with E-state index in [4.69, 9.17) is 11.6 Å². The second-order valence-corrected chi connectivity index (χ2v) is 5.18. The Hall–Kier alpha value is -0.990. The fraction of sp³-hybridized carbons (Fsp3) is 0.467. The number of rotatable bonds is 5. The summed E-state index contributed by atoms with van der Waals surface area (Å²) in [5.74, 6) is 0. The van der Waals surface area contributed by atoms with Crippen molar-refractivity contribution >= 4 is 22.5 Å². The van der Waals surface area contributed by atoms with Gasteiger partial charge in [0, 0.05) is 28.7 Å². The van der Waals surface area contributed by atoms with Crippen LogP contribution in [0, 0.1) is 6.92 Å². The van der Waals surface area contributed by atoms with Crippen LogP contribution < -0.4 is 5.32 Å². The quantitative estimate of drug-likeness (QED) is 0.815. The topological polar surface area (TPSA) is 17.0 Å². The number of nitrogens with zero attached hydrogens (tertiary/aromatic N) is 1. The fourth-order valence-corrected chi connectivity index (χ4v) is 2.66. The van der Waals surface area contributed by atoms with Gasteiger partial charge < -0.3 is 9.88 Å². The minimum atomic E-state index is 0.808. The van der Waals surface area contributed by atoms with Gasteiger partial charge in [-0.1, -0.05) is 24.6 Å². The smallest absolute Gasteiger partial charge is 0.0497 e. The van der Waals surface area contributed by atoms with Crippen LogP contribution in [0.1, 0.15) is 24.6 Å². The molecule has 0 aliphatic rings. The highest BCUT2D eigenvalue weighted by Gasteiger charge is 2.11. The third kappa shape index (κ3) is 2.55. The lowest BCUT2D eigenvalue weighted by atomic mass is 10.1. The predicted molar refractivity (Wildman–Crippen MR) is 79.5 cm³/mol. The number of aromatic nitrogens is 1. The Bertz CT molecular complexity index is 543. The summed E-state index contributed by atoms with van der Waals surface area (Å²) in [5.41, 5.74) is 4.05. The van der Waals surface area contributed by atoms with Gasteiger partial charge in [0.15, 0.2) is 0 Å². The van der Waals surface area contributed by atoms with Gasteiger partial charge in [-0.2, -0.15) is 0 Å². The van der Waals surface area contributed by atoms with Crippen LogP contribution in [-0.4, -0.2) is 17.7 Å². The zero-order chi connectivity index (χ0) is 13.1. The van der Waals surface area contributed by atoms with Gasteiger partial charge in [0.05, 0.1) is 0 Å². The molecule has 98 valence electrons. The van der Waals surface area contributed by atoms with E-state index in [1.807, 2.05) is 6.07 Å². The maximum Gasteiger partial charge on any atom is 0.0497 e. The van der Waals surface area contributed by atoms with Crippen molar-refractivity contribution in [3.8, 4) is 0 Å². The molecule has 0 fully saturated rings. The van der Waals surface area contributed by atoms with Gasteiger partial charge in [0.25, 0.3) is 0 Å². The number of benzene rings is 1. The number of aryl methyl sites for hydroxylation is 2. The van der Waals surface area contributed by atoms with E-state index in [2.05, 4.69) is 42.9 Å². The summed E-state index contributed by atoms with van der Waals surface area (Å²) >= 11 is 6.07. The molecule has 0 unspecified atom stereocenters. The molecule has 0 aliphatic heterocycles. The minimum Gasteiger partial charge on any atom is -0.348 e. The van der Waals surface area contributed by atoms with E-state index in [9.17, 15) is 0 Å². The molecule has 0 saturated heterocycles. The summed E-state index contributed by atoms with van der Waals surface area (Å²) in [7, 11) is 2.11. The second-order valence-electron chi connectivity index (χ2n) is 4.74. The number of halogens is 1. The molecular weight excluding hydrogens is 244 g/mol. The van der Waals surface area contributed by atoms with Crippen LogP contribution in [0.3, 0.4) is 0 Å². The highest BCUT2D eigenvalue weighted by Crippen LogP contribution is 2.28. The molecule has 3 heteroatoms. The molecule has 18 heavy (non-hydrogen) atoms. The molecule has 0 bridgehead atoms. The van der Waals surface area contributed by atoms with Crippen molar-refractivity contribution in [2.24, 2.45) is 7.05 Å². The lowest BCUT2D eigenvalue weighted by Gasteiger charge is -2.03. The first-order valence-electron chi connectivity index (χ1n) is 6.59. The average molecular weight is 265 g/mol. The van der Waals surface area contributed by atoms with Gasteiger partial charge in [-0.3, -0.25) is 0 Å². The van der Waals surface area contributed by atoms with E-state index in [0.717, 1.165) is 24.5 Å². The van der Waals surface area contributed by atoms with E-state index in [1.165, 1.54) is 28.6 Å². The van der Waals surface area contributed by atoms with Crippen molar-refractivity contribution in [1.29, 1.82) is 0 Å². The van der Waals surface area contributed by atoms with Crippen LogP contribution in [0.15, 0.2) is 18.2 Å². The maximum absolute atomic E-state index is 6.07. The Morgan fingerprint density at radius 1 is 1.33 bits per heavy atom. The molecule has 0 radical (unpaired) electrons. The zero-order valence-corrected chi connectivity index (χ0v) is 12.1. The summed E-state index contributed by atoms with van der Waals surface area (Å²) in [6, 6.07) is 6.18. The highest BCUT2D eigenvalue weighted by molar-refractivity contribution is 6.31. The van der Waals surface area contributed by atoms with E-state index in [1.54, 1.807) is 0 Å². The van der Waals surface area contributed by atoms with Crippen molar-refractivity contribution in [2.45, 2.75) is 26.7 Å². The molecule has 2 aromatic rings. The summed E-state index contributed by atoms with van der Waals surface area (Å²) in [6.45, 7) is 6.46. The Kier molecular flexibility index (Phi) is 4.31. The summed E-state index contributed by atoms with van der Waals surface area (Å²) < 4.78 is 2.24. The standard InChI is InChI=1S/C15H21ClN2/c1-4-17-9-5-6-13-11(2)18(3)15-10-12(16)7-8-14(13)15/h7-8,10,17H,4-6,9H2,1-3H3. The molecule has 1 aromatic carbocycles. The van der Waals surface area contributed by atoms with Gasteiger partial charge in [0.2, 0.25) is 0 Å². The van der Waals surface area contributed by atoms with E-state index >= 15 is 0 Å². The summed E-state index contributed by atoms with van der Waals surface area (Å²) in [5, 5.41) is 5.53. The number of hydrogen-bond donors (Lipinski definition) is 1. The minimum absolute atomic E-state index is 0.808.